The molecule has 0 radical (unpaired) electrons. The summed E-state index contributed by atoms with van der Waals surface area (Å²) in [4.78, 5) is 50.6. The van der Waals surface area contributed by atoms with Gasteiger partial charge < -0.3 is 15.4 Å². The number of alkyl halides is 3. The quantitative estimate of drug-likeness (QED) is 0.230. The van der Waals surface area contributed by atoms with Gasteiger partial charge in [-0.2, -0.15) is 0 Å². The molecule has 0 unspecified atom stereocenters. The third kappa shape index (κ3) is 10.3. The van der Waals surface area contributed by atoms with Crippen molar-refractivity contribution in [2.75, 3.05) is 13.2 Å². The minimum atomic E-state index is -1.74. The standard InChI is InChI=1S/C24H31Cl3N4O5/c1-3-4-12-20(32)29-19(14-17-9-6-5-7-10-17)21(33)28-16(2)22(34)31-13-8-11-18(30-31)23(35)36-15-24(25,26)27/h3-7,9-10,16,18-19,30H,8,11-15H2,1-2H3,(H,28,33)(H,29,32)/t16-,18-,19-/m0/s1. The van der Waals surface area contributed by atoms with Gasteiger partial charge in [-0.15, -0.1) is 0 Å². The van der Waals surface area contributed by atoms with E-state index in [1.807, 2.05) is 30.3 Å². The third-order valence-electron chi connectivity index (χ3n) is 5.32. The number of amides is 3. The Morgan fingerprint density at radius 2 is 1.89 bits per heavy atom. The predicted molar refractivity (Wildman–Crippen MR) is 138 cm³/mol. The number of esters is 1. The van der Waals surface area contributed by atoms with Gasteiger partial charge >= 0.3 is 5.97 Å². The van der Waals surface area contributed by atoms with Crippen molar-refractivity contribution in [3.63, 3.8) is 0 Å². The molecule has 3 amide bonds. The Bertz CT molecular complexity index is 939. The highest BCUT2D eigenvalue weighted by atomic mass is 35.6. The molecule has 2 rings (SSSR count). The van der Waals surface area contributed by atoms with Crippen LogP contribution < -0.4 is 16.1 Å². The van der Waals surface area contributed by atoms with E-state index >= 15 is 0 Å². The number of benzene rings is 1. The summed E-state index contributed by atoms with van der Waals surface area (Å²) in [5.41, 5.74) is 3.68. The first-order valence-corrected chi connectivity index (χ1v) is 12.7. The molecule has 0 bridgehead atoms. The molecule has 0 aliphatic carbocycles. The third-order valence-corrected chi connectivity index (χ3v) is 5.64. The summed E-state index contributed by atoms with van der Waals surface area (Å²) in [7, 11) is 0. The summed E-state index contributed by atoms with van der Waals surface area (Å²) in [6.07, 6.45) is 4.80. The van der Waals surface area contributed by atoms with E-state index in [9.17, 15) is 19.2 Å². The second kappa shape index (κ2) is 14.4. The van der Waals surface area contributed by atoms with Crippen LogP contribution in [0.1, 0.15) is 38.7 Å². The molecule has 0 spiro atoms. The van der Waals surface area contributed by atoms with Crippen LogP contribution in [0.4, 0.5) is 0 Å². The SMILES string of the molecule is CC=CCC(=O)N[C@@H](Cc1ccccc1)C(=O)N[C@@H](C)C(=O)N1CCC[C@@H](C(=O)OCC(Cl)(Cl)Cl)N1. The number of nitrogens with one attached hydrogen (secondary N) is 3. The minimum Gasteiger partial charge on any atom is -0.460 e. The van der Waals surface area contributed by atoms with E-state index in [1.165, 1.54) is 11.9 Å². The molecule has 36 heavy (non-hydrogen) atoms. The van der Waals surface area contributed by atoms with Crippen molar-refractivity contribution in [3.05, 3.63) is 48.0 Å². The molecule has 9 nitrogen and oxygen atoms in total. The maximum atomic E-state index is 13.1. The predicted octanol–water partition coefficient (Wildman–Crippen LogP) is 2.59. The Kier molecular flexibility index (Phi) is 12.0. The number of nitrogens with zero attached hydrogens (tertiary/aromatic N) is 1. The van der Waals surface area contributed by atoms with E-state index in [1.54, 1.807) is 19.1 Å². The molecule has 0 saturated carbocycles. The van der Waals surface area contributed by atoms with Gasteiger partial charge in [0, 0.05) is 19.4 Å². The maximum absolute atomic E-state index is 13.1. The van der Waals surface area contributed by atoms with E-state index in [4.69, 9.17) is 39.5 Å². The van der Waals surface area contributed by atoms with E-state index in [0.29, 0.717) is 19.4 Å². The van der Waals surface area contributed by atoms with Gasteiger partial charge in [0.15, 0.2) is 0 Å². The first-order valence-electron chi connectivity index (χ1n) is 11.6. The highest BCUT2D eigenvalue weighted by Gasteiger charge is 2.33. The van der Waals surface area contributed by atoms with E-state index in [-0.39, 0.29) is 18.7 Å². The average molecular weight is 562 g/mol. The highest BCUT2D eigenvalue weighted by Crippen LogP contribution is 2.26. The molecule has 0 aromatic heterocycles. The zero-order valence-corrected chi connectivity index (χ0v) is 22.4. The zero-order valence-electron chi connectivity index (χ0n) is 20.1. The van der Waals surface area contributed by atoms with Gasteiger partial charge in [0.1, 0.15) is 24.7 Å². The summed E-state index contributed by atoms with van der Waals surface area (Å²) in [6, 6.07) is 6.65. The monoisotopic (exact) mass is 560 g/mol. The van der Waals surface area contributed by atoms with E-state index in [2.05, 4.69) is 16.1 Å². The van der Waals surface area contributed by atoms with Crippen LogP contribution >= 0.6 is 34.8 Å². The Morgan fingerprint density at radius 3 is 2.53 bits per heavy atom. The fourth-order valence-corrected chi connectivity index (χ4v) is 3.68. The minimum absolute atomic E-state index is 0.136. The van der Waals surface area contributed by atoms with Gasteiger partial charge in [-0.05, 0) is 32.3 Å². The molecule has 3 atom stereocenters. The fourth-order valence-electron chi connectivity index (χ4n) is 3.52. The summed E-state index contributed by atoms with van der Waals surface area (Å²) in [5, 5.41) is 6.68. The van der Waals surface area contributed by atoms with Crippen molar-refractivity contribution < 1.29 is 23.9 Å². The number of hydrogen-bond acceptors (Lipinski definition) is 6. The second-order valence-corrected chi connectivity index (χ2v) is 10.9. The lowest BCUT2D eigenvalue weighted by Crippen LogP contribution is -2.60. The van der Waals surface area contributed by atoms with Crippen molar-refractivity contribution in [3.8, 4) is 0 Å². The van der Waals surface area contributed by atoms with Crippen LogP contribution in [-0.2, 0) is 30.3 Å². The summed E-state index contributed by atoms with van der Waals surface area (Å²) >= 11 is 16.9. The largest absolute Gasteiger partial charge is 0.460 e. The van der Waals surface area contributed by atoms with Crippen LogP contribution in [0.3, 0.4) is 0 Å². The Balaban J connectivity index is 2.00. The lowest BCUT2D eigenvalue weighted by Gasteiger charge is -2.34. The number of hydrazine groups is 1. The van der Waals surface area contributed by atoms with Crippen molar-refractivity contribution in [2.24, 2.45) is 0 Å². The van der Waals surface area contributed by atoms with Crippen LogP contribution in [0.2, 0.25) is 0 Å². The first-order chi connectivity index (χ1) is 17.0. The molecule has 1 heterocycles. The number of ether oxygens (including phenoxy) is 1. The molecule has 1 aromatic carbocycles. The molecular weight excluding hydrogens is 531 g/mol. The molecule has 1 saturated heterocycles. The normalized spacial score (nSPS) is 17.8. The smallest absolute Gasteiger partial charge is 0.325 e. The lowest BCUT2D eigenvalue weighted by molar-refractivity contribution is -0.152. The molecule has 1 aliphatic heterocycles. The average Bonchev–Trinajstić information content (AvgIpc) is 2.85. The van der Waals surface area contributed by atoms with Crippen LogP contribution in [0.25, 0.3) is 0 Å². The molecule has 1 aliphatic rings. The van der Waals surface area contributed by atoms with Crippen LogP contribution in [-0.4, -0.2) is 63.8 Å². The molecule has 3 N–H and O–H groups in total. The van der Waals surface area contributed by atoms with E-state index < -0.39 is 46.3 Å². The Labute approximate surface area is 225 Å². The fraction of sp³-hybridized carbons (Fsp3) is 0.500. The Morgan fingerprint density at radius 1 is 1.19 bits per heavy atom. The van der Waals surface area contributed by atoms with Gasteiger partial charge in [0.25, 0.3) is 5.91 Å². The van der Waals surface area contributed by atoms with Crippen molar-refractivity contribution in [2.45, 2.75) is 61.4 Å². The number of halogens is 3. The number of carbonyl (C=O) groups is 4. The summed E-state index contributed by atoms with van der Waals surface area (Å²) < 4.78 is 3.26. The summed E-state index contributed by atoms with van der Waals surface area (Å²) in [5.74, 6) is -1.90. The topological polar surface area (TPSA) is 117 Å². The molecule has 1 aromatic rings. The first kappa shape index (κ1) is 29.9. The molecule has 1 fully saturated rings. The van der Waals surface area contributed by atoms with Gasteiger partial charge in [-0.25, -0.2) is 5.43 Å². The highest BCUT2D eigenvalue weighted by molar-refractivity contribution is 6.67. The molecule has 198 valence electrons. The van der Waals surface area contributed by atoms with Gasteiger partial charge in [-0.1, -0.05) is 77.3 Å². The van der Waals surface area contributed by atoms with Gasteiger partial charge in [-0.3, -0.25) is 24.2 Å². The number of hydrogen-bond donors (Lipinski definition) is 3. The van der Waals surface area contributed by atoms with Crippen LogP contribution in [0.15, 0.2) is 42.5 Å². The van der Waals surface area contributed by atoms with Gasteiger partial charge in [0.2, 0.25) is 15.6 Å². The summed E-state index contributed by atoms with van der Waals surface area (Å²) in [6.45, 7) is 3.25. The van der Waals surface area contributed by atoms with E-state index in [0.717, 1.165) is 5.56 Å². The van der Waals surface area contributed by atoms with Crippen molar-refractivity contribution >= 4 is 58.5 Å². The number of rotatable bonds is 10. The van der Waals surface area contributed by atoms with Crippen LogP contribution in [0, 0.1) is 0 Å². The van der Waals surface area contributed by atoms with Crippen molar-refractivity contribution in [1.82, 2.24) is 21.1 Å². The van der Waals surface area contributed by atoms with Crippen molar-refractivity contribution in [1.29, 1.82) is 0 Å². The lowest BCUT2D eigenvalue weighted by atomic mass is 10.0. The second-order valence-electron chi connectivity index (χ2n) is 8.35. The Hall–Kier alpha value is -2.33. The molecular formula is C24H31Cl3N4O5. The number of allylic oxidation sites excluding steroid dienone is 1. The van der Waals surface area contributed by atoms with Gasteiger partial charge in [0.05, 0.1) is 0 Å². The maximum Gasteiger partial charge on any atom is 0.325 e. The molecule has 12 heteroatoms. The number of carbonyl (C=O) groups excluding carboxylic acids is 4. The zero-order chi connectivity index (χ0) is 26.7. The van der Waals surface area contributed by atoms with Crippen LogP contribution in [0.5, 0.6) is 0 Å².